The van der Waals surface area contributed by atoms with Crippen LogP contribution in [0.1, 0.15) is 23.2 Å². The molecule has 1 aliphatic rings. The Morgan fingerprint density at radius 2 is 2.32 bits per heavy atom. The predicted octanol–water partition coefficient (Wildman–Crippen LogP) is 2.16. The minimum atomic E-state index is -0.444. The van der Waals surface area contributed by atoms with Crippen molar-refractivity contribution in [1.29, 1.82) is 0 Å². The Morgan fingerprint density at radius 1 is 1.47 bits per heavy atom. The highest BCUT2D eigenvalue weighted by molar-refractivity contribution is 6.31. The molecule has 2 rings (SSSR count). The molecule has 0 bridgehead atoms. The van der Waals surface area contributed by atoms with Crippen LogP contribution >= 0.6 is 11.6 Å². The maximum absolute atomic E-state index is 11.3. The fourth-order valence-corrected chi connectivity index (χ4v) is 2.30. The van der Waals surface area contributed by atoms with Crippen molar-refractivity contribution in [2.75, 3.05) is 25.0 Å². The molecule has 0 unspecified atom stereocenters. The van der Waals surface area contributed by atoms with E-state index in [0.29, 0.717) is 16.3 Å². The summed E-state index contributed by atoms with van der Waals surface area (Å²) in [5.41, 5.74) is 7.96. The fraction of sp³-hybridized carbons (Fsp3) is 0.357. The minimum absolute atomic E-state index is 0.444. The Morgan fingerprint density at radius 3 is 3.00 bits per heavy atom. The standard InChI is InChI=1S/C14H18ClN3O/c15-11-1-2-12(14(16)19)13(9-11)18-8-5-10-3-6-17-7-4-10/h1-3,9,17-18H,4-8H2,(H2,16,19). The quantitative estimate of drug-likeness (QED) is 0.724. The van der Waals surface area contributed by atoms with Crippen molar-refractivity contribution in [2.24, 2.45) is 5.73 Å². The lowest BCUT2D eigenvalue weighted by molar-refractivity contribution is 0.100. The zero-order valence-electron chi connectivity index (χ0n) is 10.7. The number of rotatable bonds is 5. The molecule has 5 heteroatoms. The van der Waals surface area contributed by atoms with Gasteiger partial charge in [-0.05, 0) is 37.6 Å². The third-order valence-corrected chi connectivity index (χ3v) is 3.40. The topological polar surface area (TPSA) is 67.2 Å². The van der Waals surface area contributed by atoms with E-state index in [2.05, 4.69) is 16.7 Å². The molecule has 1 aliphatic heterocycles. The number of halogens is 1. The maximum Gasteiger partial charge on any atom is 0.250 e. The lowest BCUT2D eigenvalue weighted by Crippen LogP contribution is -2.21. The van der Waals surface area contributed by atoms with E-state index in [1.165, 1.54) is 5.57 Å². The van der Waals surface area contributed by atoms with Crippen LogP contribution in [0.2, 0.25) is 5.02 Å². The fourth-order valence-electron chi connectivity index (χ4n) is 2.13. The first-order valence-electron chi connectivity index (χ1n) is 6.38. The Labute approximate surface area is 118 Å². The molecule has 1 heterocycles. The summed E-state index contributed by atoms with van der Waals surface area (Å²) in [6.07, 6.45) is 4.27. The van der Waals surface area contributed by atoms with Gasteiger partial charge in [0.2, 0.25) is 0 Å². The van der Waals surface area contributed by atoms with Gasteiger partial charge < -0.3 is 16.4 Å². The number of benzene rings is 1. The Bertz CT molecular complexity index is 499. The minimum Gasteiger partial charge on any atom is -0.384 e. The van der Waals surface area contributed by atoms with Crippen LogP contribution in [0.5, 0.6) is 0 Å². The molecule has 102 valence electrons. The van der Waals surface area contributed by atoms with Crippen LogP contribution in [0.4, 0.5) is 5.69 Å². The van der Waals surface area contributed by atoms with Gasteiger partial charge in [-0.1, -0.05) is 23.3 Å². The van der Waals surface area contributed by atoms with Gasteiger partial charge in [0.25, 0.3) is 5.91 Å². The molecule has 0 saturated carbocycles. The molecule has 19 heavy (non-hydrogen) atoms. The summed E-state index contributed by atoms with van der Waals surface area (Å²) in [6, 6.07) is 5.05. The first kappa shape index (κ1) is 13.9. The van der Waals surface area contributed by atoms with Gasteiger partial charge in [-0.25, -0.2) is 0 Å². The van der Waals surface area contributed by atoms with Gasteiger partial charge in [0.05, 0.1) is 5.56 Å². The summed E-state index contributed by atoms with van der Waals surface area (Å²) >= 11 is 5.94. The summed E-state index contributed by atoms with van der Waals surface area (Å²) in [5.74, 6) is -0.444. The highest BCUT2D eigenvalue weighted by Crippen LogP contribution is 2.21. The highest BCUT2D eigenvalue weighted by Gasteiger charge is 2.09. The molecule has 0 radical (unpaired) electrons. The smallest absolute Gasteiger partial charge is 0.250 e. The zero-order valence-corrected chi connectivity index (χ0v) is 11.5. The molecular weight excluding hydrogens is 262 g/mol. The van der Waals surface area contributed by atoms with Crippen LogP contribution in [-0.4, -0.2) is 25.5 Å². The molecule has 0 spiro atoms. The van der Waals surface area contributed by atoms with Crippen molar-refractivity contribution in [3.8, 4) is 0 Å². The Balaban J connectivity index is 1.96. The van der Waals surface area contributed by atoms with Gasteiger partial charge in [0.1, 0.15) is 0 Å². The third kappa shape index (κ3) is 3.98. The van der Waals surface area contributed by atoms with E-state index in [1.54, 1.807) is 18.2 Å². The number of nitrogens with one attached hydrogen (secondary N) is 2. The van der Waals surface area contributed by atoms with E-state index in [1.807, 2.05) is 0 Å². The summed E-state index contributed by atoms with van der Waals surface area (Å²) < 4.78 is 0. The highest BCUT2D eigenvalue weighted by atomic mass is 35.5. The number of carbonyl (C=O) groups excluding carboxylic acids is 1. The molecule has 1 aromatic carbocycles. The molecule has 0 fully saturated rings. The van der Waals surface area contributed by atoms with Crippen molar-refractivity contribution in [3.05, 3.63) is 40.4 Å². The molecule has 1 aromatic rings. The van der Waals surface area contributed by atoms with Gasteiger partial charge in [-0.2, -0.15) is 0 Å². The van der Waals surface area contributed by atoms with Crippen LogP contribution in [-0.2, 0) is 0 Å². The number of amides is 1. The number of anilines is 1. The summed E-state index contributed by atoms with van der Waals surface area (Å²) in [4.78, 5) is 11.3. The second-order valence-corrected chi connectivity index (χ2v) is 4.98. The normalized spacial score (nSPS) is 14.9. The van der Waals surface area contributed by atoms with Crippen LogP contribution in [0, 0.1) is 0 Å². The lowest BCUT2D eigenvalue weighted by Gasteiger charge is -2.15. The van der Waals surface area contributed by atoms with Crippen LogP contribution in [0.25, 0.3) is 0 Å². The van der Waals surface area contributed by atoms with Crippen molar-refractivity contribution < 1.29 is 4.79 Å². The maximum atomic E-state index is 11.3. The zero-order chi connectivity index (χ0) is 13.7. The second kappa shape index (κ2) is 6.59. The largest absolute Gasteiger partial charge is 0.384 e. The number of primary amides is 1. The van der Waals surface area contributed by atoms with E-state index in [0.717, 1.165) is 32.5 Å². The van der Waals surface area contributed by atoms with Gasteiger partial charge in [0.15, 0.2) is 0 Å². The average Bonchev–Trinajstić information content (AvgIpc) is 2.39. The molecule has 0 aromatic heterocycles. The van der Waals surface area contributed by atoms with E-state index in [4.69, 9.17) is 17.3 Å². The number of nitrogens with two attached hydrogens (primary N) is 1. The van der Waals surface area contributed by atoms with Crippen molar-refractivity contribution in [2.45, 2.75) is 12.8 Å². The first-order chi connectivity index (χ1) is 9.16. The molecule has 4 nitrogen and oxygen atoms in total. The SMILES string of the molecule is NC(=O)c1ccc(Cl)cc1NCCC1=CCNCC1. The summed E-state index contributed by atoms with van der Waals surface area (Å²) in [7, 11) is 0. The third-order valence-electron chi connectivity index (χ3n) is 3.17. The molecular formula is C14H18ClN3O. The predicted molar refractivity (Wildman–Crippen MR) is 78.6 cm³/mol. The molecule has 0 aliphatic carbocycles. The summed E-state index contributed by atoms with van der Waals surface area (Å²) in [5, 5.41) is 7.11. The van der Waals surface area contributed by atoms with E-state index < -0.39 is 5.91 Å². The Kier molecular flexibility index (Phi) is 4.82. The van der Waals surface area contributed by atoms with Crippen LogP contribution < -0.4 is 16.4 Å². The van der Waals surface area contributed by atoms with Crippen molar-refractivity contribution >= 4 is 23.2 Å². The summed E-state index contributed by atoms with van der Waals surface area (Å²) in [6.45, 7) is 2.75. The van der Waals surface area contributed by atoms with Crippen LogP contribution in [0.3, 0.4) is 0 Å². The van der Waals surface area contributed by atoms with Gasteiger partial charge >= 0.3 is 0 Å². The first-order valence-corrected chi connectivity index (χ1v) is 6.76. The Hall–Kier alpha value is -1.52. The second-order valence-electron chi connectivity index (χ2n) is 4.55. The molecule has 0 saturated heterocycles. The number of hydrogen-bond donors (Lipinski definition) is 3. The van der Waals surface area contributed by atoms with E-state index in [-0.39, 0.29) is 0 Å². The van der Waals surface area contributed by atoms with Crippen molar-refractivity contribution in [3.63, 3.8) is 0 Å². The van der Waals surface area contributed by atoms with Gasteiger partial charge in [-0.3, -0.25) is 4.79 Å². The van der Waals surface area contributed by atoms with E-state index in [9.17, 15) is 4.79 Å². The molecule has 0 atom stereocenters. The van der Waals surface area contributed by atoms with Crippen LogP contribution in [0.15, 0.2) is 29.8 Å². The van der Waals surface area contributed by atoms with Gasteiger partial charge in [0, 0.05) is 23.8 Å². The number of hydrogen-bond acceptors (Lipinski definition) is 3. The van der Waals surface area contributed by atoms with E-state index >= 15 is 0 Å². The lowest BCUT2D eigenvalue weighted by atomic mass is 10.1. The van der Waals surface area contributed by atoms with Gasteiger partial charge in [-0.15, -0.1) is 0 Å². The molecule has 1 amide bonds. The monoisotopic (exact) mass is 279 g/mol. The average molecular weight is 280 g/mol. The number of carbonyl (C=O) groups is 1. The molecule has 4 N–H and O–H groups in total. The van der Waals surface area contributed by atoms with Crippen molar-refractivity contribution in [1.82, 2.24) is 5.32 Å².